The lowest BCUT2D eigenvalue weighted by molar-refractivity contribution is 0.0652. The quantitative estimate of drug-likeness (QED) is 0.861. The van der Waals surface area contributed by atoms with E-state index in [2.05, 4.69) is 9.97 Å². The molecule has 2 unspecified atom stereocenters. The topological polar surface area (TPSA) is 104 Å². The minimum absolute atomic E-state index is 0.0799. The lowest BCUT2D eigenvalue weighted by atomic mass is 10.0. The third-order valence-corrected chi connectivity index (χ3v) is 4.41. The number of carboxylic acids is 1. The lowest BCUT2D eigenvalue weighted by Crippen LogP contribution is -2.37. The zero-order chi connectivity index (χ0) is 17.8. The maximum atomic E-state index is 12.7. The average Bonchev–Trinajstić information content (AvgIpc) is 3.10. The molecule has 1 fully saturated rings. The Hall–Kier alpha value is -2.80. The first-order valence-electron chi connectivity index (χ1n) is 8.15. The molecule has 7 nitrogen and oxygen atoms in total. The molecule has 1 aromatic carbocycles. The molecule has 7 heteroatoms. The molecular weight excluding hydrogens is 322 g/mol. The smallest absolute Gasteiger partial charge is 0.356 e. The number of aliphatic hydroxyl groups is 1. The van der Waals surface area contributed by atoms with Gasteiger partial charge in [-0.25, -0.2) is 14.8 Å². The Bertz CT molecular complexity index is 749. The van der Waals surface area contributed by atoms with Crippen molar-refractivity contribution in [3.05, 3.63) is 59.7 Å². The van der Waals surface area contributed by atoms with Crippen molar-refractivity contribution in [2.45, 2.75) is 31.4 Å². The second-order valence-corrected chi connectivity index (χ2v) is 6.05. The van der Waals surface area contributed by atoms with E-state index in [-0.39, 0.29) is 23.3 Å². The average molecular weight is 341 g/mol. The molecule has 1 aliphatic rings. The van der Waals surface area contributed by atoms with E-state index in [1.807, 2.05) is 30.3 Å². The van der Waals surface area contributed by atoms with Crippen LogP contribution in [0.15, 0.2) is 42.7 Å². The zero-order valence-corrected chi connectivity index (χ0v) is 13.6. The molecule has 1 amide bonds. The minimum atomic E-state index is -1.18. The Labute approximate surface area is 145 Å². The van der Waals surface area contributed by atoms with Crippen molar-refractivity contribution in [1.29, 1.82) is 0 Å². The van der Waals surface area contributed by atoms with Crippen LogP contribution in [0, 0.1) is 0 Å². The van der Waals surface area contributed by atoms with E-state index in [0.29, 0.717) is 13.0 Å². The second-order valence-electron chi connectivity index (χ2n) is 6.05. The van der Waals surface area contributed by atoms with Crippen LogP contribution in [-0.2, 0) is 0 Å². The first-order valence-corrected chi connectivity index (χ1v) is 8.15. The predicted octanol–water partition coefficient (Wildman–Crippen LogP) is 1.90. The van der Waals surface area contributed by atoms with Crippen LogP contribution in [0.3, 0.4) is 0 Å². The number of carbonyl (C=O) groups is 2. The first-order chi connectivity index (χ1) is 12.1. The van der Waals surface area contributed by atoms with Crippen molar-refractivity contribution in [1.82, 2.24) is 14.9 Å². The van der Waals surface area contributed by atoms with Gasteiger partial charge in [0.05, 0.1) is 18.5 Å². The number of carbonyl (C=O) groups excluding carboxylic acids is 1. The minimum Gasteiger partial charge on any atom is -0.476 e. The number of hydrogen-bond donors (Lipinski definition) is 2. The van der Waals surface area contributed by atoms with Gasteiger partial charge in [0.1, 0.15) is 5.69 Å². The summed E-state index contributed by atoms with van der Waals surface area (Å²) in [5.41, 5.74) is 0.743. The standard InChI is InChI=1S/C18H19N3O4/c22-16(12-5-2-1-3-6-12)9-13-7-4-8-21(13)17(23)14-10-20-15(11-19-14)18(24)25/h1-3,5-6,10-11,13,16,22H,4,7-9H2,(H,24,25). The highest BCUT2D eigenvalue weighted by molar-refractivity contribution is 5.93. The van der Waals surface area contributed by atoms with E-state index in [9.17, 15) is 14.7 Å². The van der Waals surface area contributed by atoms with Gasteiger partial charge in [0.2, 0.25) is 0 Å². The Morgan fingerprint density at radius 2 is 1.84 bits per heavy atom. The number of likely N-dealkylation sites (tertiary alicyclic amines) is 1. The fourth-order valence-corrected chi connectivity index (χ4v) is 3.11. The molecule has 2 aromatic rings. The highest BCUT2D eigenvalue weighted by Crippen LogP contribution is 2.28. The fraction of sp³-hybridized carbons (Fsp3) is 0.333. The van der Waals surface area contributed by atoms with Crippen molar-refractivity contribution in [3.63, 3.8) is 0 Å². The van der Waals surface area contributed by atoms with Crippen molar-refractivity contribution < 1.29 is 19.8 Å². The monoisotopic (exact) mass is 341 g/mol. The number of amides is 1. The normalized spacial score (nSPS) is 18.1. The molecule has 25 heavy (non-hydrogen) atoms. The molecule has 0 saturated carbocycles. The van der Waals surface area contributed by atoms with E-state index in [0.717, 1.165) is 24.6 Å². The third kappa shape index (κ3) is 3.83. The van der Waals surface area contributed by atoms with Gasteiger partial charge in [0.15, 0.2) is 5.69 Å². The van der Waals surface area contributed by atoms with Gasteiger partial charge in [0, 0.05) is 12.6 Å². The number of hydrogen-bond acceptors (Lipinski definition) is 5. The van der Waals surface area contributed by atoms with Gasteiger partial charge in [-0.2, -0.15) is 0 Å². The molecule has 3 rings (SSSR count). The number of aromatic carboxylic acids is 1. The van der Waals surface area contributed by atoms with Crippen LogP contribution in [0.5, 0.6) is 0 Å². The fourth-order valence-electron chi connectivity index (χ4n) is 3.11. The molecule has 0 radical (unpaired) electrons. The van der Waals surface area contributed by atoms with Crippen LogP contribution in [0.2, 0.25) is 0 Å². The molecule has 130 valence electrons. The van der Waals surface area contributed by atoms with Gasteiger partial charge >= 0.3 is 5.97 Å². The summed E-state index contributed by atoms with van der Waals surface area (Å²) in [6.07, 6.45) is 3.76. The van der Waals surface area contributed by atoms with Gasteiger partial charge in [-0.05, 0) is 24.8 Å². The van der Waals surface area contributed by atoms with Crippen molar-refractivity contribution in [3.8, 4) is 0 Å². The van der Waals surface area contributed by atoms with E-state index < -0.39 is 12.1 Å². The largest absolute Gasteiger partial charge is 0.476 e. The number of carboxylic acid groups (broad SMARTS) is 1. The molecule has 1 saturated heterocycles. The summed E-state index contributed by atoms with van der Waals surface area (Å²) in [4.78, 5) is 32.8. The number of rotatable bonds is 5. The van der Waals surface area contributed by atoms with Gasteiger partial charge in [-0.15, -0.1) is 0 Å². The predicted molar refractivity (Wildman–Crippen MR) is 89.1 cm³/mol. The molecule has 0 spiro atoms. The molecule has 2 heterocycles. The summed E-state index contributed by atoms with van der Waals surface area (Å²) in [6, 6.07) is 9.28. The molecule has 1 aliphatic heterocycles. The van der Waals surface area contributed by atoms with Crippen LogP contribution in [0.25, 0.3) is 0 Å². The van der Waals surface area contributed by atoms with Crippen molar-refractivity contribution in [2.75, 3.05) is 6.54 Å². The van der Waals surface area contributed by atoms with Crippen molar-refractivity contribution in [2.24, 2.45) is 0 Å². The summed E-state index contributed by atoms with van der Waals surface area (Å²) < 4.78 is 0. The Balaban J connectivity index is 1.70. The van der Waals surface area contributed by atoms with Gasteiger partial charge in [-0.3, -0.25) is 4.79 Å². The van der Waals surface area contributed by atoms with Crippen LogP contribution < -0.4 is 0 Å². The number of aromatic nitrogens is 2. The Morgan fingerprint density at radius 3 is 2.48 bits per heavy atom. The van der Waals surface area contributed by atoms with Gasteiger partial charge in [-0.1, -0.05) is 30.3 Å². The van der Waals surface area contributed by atoms with Gasteiger partial charge in [0.25, 0.3) is 5.91 Å². The summed E-state index contributed by atoms with van der Waals surface area (Å²) in [5.74, 6) is -1.47. The summed E-state index contributed by atoms with van der Waals surface area (Å²) >= 11 is 0. The van der Waals surface area contributed by atoms with Crippen LogP contribution >= 0.6 is 0 Å². The molecular formula is C18H19N3O4. The van der Waals surface area contributed by atoms with E-state index >= 15 is 0 Å². The van der Waals surface area contributed by atoms with Crippen LogP contribution in [0.4, 0.5) is 0 Å². The van der Waals surface area contributed by atoms with Crippen molar-refractivity contribution >= 4 is 11.9 Å². The molecule has 2 atom stereocenters. The second kappa shape index (κ2) is 7.40. The Kier molecular flexibility index (Phi) is 5.04. The number of benzene rings is 1. The van der Waals surface area contributed by atoms with Gasteiger partial charge < -0.3 is 15.1 Å². The highest BCUT2D eigenvalue weighted by atomic mass is 16.4. The maximum absolute atomic E-state index is 12.7. The third-order valence-electron chi connectivity index (χ3n) is 4.41. The lowest BCUT2D eigenvalue weighted by Gasteiger charge is -2.26. The molecule has 2 N–H and O–H groups in total. The van der Waals surface area contributed by atoms with E-state index in [4.69, 9.17) is 5.11 Å². The van der Waals surface area contributed by atoms with Crippen LogP contribution in [-0.4, -0.2) is 49.5 Å². The van der Waals surface area contributed by atoms with E-state index in [1.54, 1.807) is 4.90 Å². The summed E-state index contributed by atoms with van der Waals surface area (Å²) in [7, 11) is 0. The molecule has 0 bridgehead atoms. The SMILES string of the molecule is O=C(O)c1cnc(C(=O)N2CCCC2CC(O)c2ccccc2)cn1. The summed E-state index contributed by atoms with van der Waals surface area (Å²) in [5, 5.41) is 19.3. The highest BCUT2D eigenvalue weighted by Gasteiger charge is 2.32. The Morgan fingerprint density at radius 1 is 1.16 bits per heavy atom. The molecule has 0 aliphatic carbocycles. The van der Waals surface area contributed by atoms with E-state index in [1.165, 1.54) is 6.20 Å². The molecule has 1 aromatic heterocycles. The first kappa shape index (κ1) is 17.0. The number of nitrogens with zero attached hydrogens (tertiary/aromatic N) is 3. The zero-order valence-electron chi connectivity index (χ0n) is 13.6. The van der Waals surface area contributed by atoms with Crippen LogP contribution in [0.1, 0.15) is 51.9 Å². The number of aliphatic hydroxyl groups excluding tert-OH is 1. The maximum Gasteiger partial charge on any atom is 0.356 e. The summed E-state index contributed by atoms with van der Waals surface area (Å²) in [6.45, 7) is 0.591.